The molecule has 2 N–H and O–H groups in total. The summed E-state index contributed by atoms with van der Waals surface area (Å²) in [5, 5.41) is 7.17. The molecule has 2 saturated heterocycles. The first-order valence-corrected chi connectivity index (χ1v) is 12.0. The van der Waals surface area contributed by atoms with E-state index in [1.807, 2.05) is 0 Å². The molecule has 2 aromatic carbocycles. The van der Waals surface area contributed by atoms with Gasteiger partial charge in [-0.1, -0.05) is 54.6 Å². The van der Waals surface area contributed by atoms with Gasteiger partial charge in [0.1, 0.15) is 0 Å². The van der Waals surface area contributed by atoms with Crippen molar-refractivity contribution >= 4 is 5.95 Å². The van der Waals surface area contributed by atoms with E-state index in [0.717, 1.165) is 57.2 Å². The van der Waals surface area contributed by atoms with E-state index in [4.69, 9.17) is 9.97 Å². The molecule has 32 heavy (non-hydrogen) atoms. The molecule has 3 heterocycles. The highest BCUT2D eigenvalue weighted by Gasteiger charge is 2.40. The Hall–Kier alpha value is -2.76. The number of hydrogen-bond acceptors (Lipinski definition) is 5. The van der Waals surface area contributed by atoms with Crippen LogP contribution in [0.15, 0.2) is 60.8 Å². The van der Waals surface area contributed by atoms with Crippen molar-refractivity contribution in [3.8, 4) is 11.3 Å². The molecule has 1 unspecified atom stereocenters. The van der Waals surface area contributed by atoms with Gasteiger partial charge in [-0.15, -0.1) is 0 Å². The number of nitrogens with zero attached hydrogens (tertiary/aromatic N) is 3. The van der Waals surface area contributed by atoms with Crippen LogP contribution in [0.5, 0.6) is 0 Å². The number of nitrogens with one attached hydrogen (secondary N) is 2. The molecule has 164 valence electrons. The molecule has 3 aliphatic rings. The second-order valence-electron chi connectivity index (χ2n) is 9.67. The zero-order valence-electron chi connectivity index (χ0n) is 18.6. The van der Waals surface area contributed by atoms with Gasteiger partial charge in [0.2, 0.25) is 5.95 Å². The van der Waals surface area contributed by atoms with E-state index in [0.29, 0.717) is 6.04 Å². The summed E-state index contributed by atoms with van der Waals surface area (Å²) in [4.78, 5) is 12.3. The largest absolute Gasteiger partial charge is 0.350 e. The summed E-state index contributed by atoms with van der Waals surface area (Å²) in [5.74, 6) is 0.770. The maximum absolute atomic E-state index is 5.05. The summed E-state index contributed by atoms with van der Waals surface area (Å²) in [6.45, 7) is 5.32. The fraction of sp³-hybridized carbons (Fsp3) is 0.407. The van der Waals surface area contributed by atoms with Crippen LogP contribution in [-0.4, -0.2) is 47.1 Å². The van der Waals surface area contributed by atoms with Gasteiger partial charge in [0.25, 0.3) is 0 Å². The van der Waals surface area contributed by atoms with Crippen LogP contribution in [0.1, 0.15) is 36.0 Å². The van der Waals surface area contributed by atoms with Crippen molar-refractivity contribution in [1.29, 1.82) is 0 Å². The number of fused-ring (bicyclic) bond motifs is 4. The Kier molecular flexibility index (Phi) is 5.16. The number of piperidine rings is 1. The number of benzene rings is 2. The summed E-state index contributed by atoms with van der Waals surface area (Å²) in [6, 6.07) is 20.1. The lowest BCUT2D eigenvalue weighted by Crippen LogP contribution is -2.43. The lowest BCUT2D eigenvalue weighted by atomic mass is 9.64. The van der Waals surface area contributed by atoms with Crippen molar-refractivity contribution in [1.82, 2.24) is 20.2 Å². The molecule has 0 amide bonds. The van der Waals surface area contributed by atoms with Gasteiger partial charge >= 0.3 is 0 Å². The van der Waals surface area contributed by atoms with E-state index in [1.54, 1.807) is 0 Å². The van der Waals surface area contributed by atoms with Crippen molar-refractivity contribution < 1.29 is 0 Å². The molecule has 0 bridgehead atoms. The topological polar surface area (TPSA) is 53.1 Å². The number of rotatable bonds is 4. The zero-order chi connectivity index (χ0) is 21.4. The molecule has 2 fully saturated rings. The van der Waals surface area contributed by atoms with Crippen molar-refractivity contribution in [3.63, 3.8) is 0 Å². The molecule has 1 aromatic heterocycles. The van der Waals surface area contributed by atoms with Gasteiger partial charge in [-0.2, -0.15) is 0 Å². The van der Waals surface area contributed by atoms with Crippen molar-refractivity contribution in [2.24, 2.45) is 0 Å². The Morgan fingerprint density at radius 2 is 1.84 bits per heavy atom. The number of anilines is 1. The van der Waals surface area contributed by atoms with Gasteiger partial charge < -0.3 is 10.6 Å². The van der Waals surface area contributed by atoms with Crippen LogP contribution in [0.2, 0.25) is 0 Å². The highest BCUT2D eigenvalue weighted by molar-refractivity contribution is 5.72. The van der Waals surface area contributed by atoms with Crippen LogP contribution in [0.4, 0.5) is 5.95 Å². The quantitative estimate of drug-likeness (QED) is 0.662. The van der Waals surface area contributed by atoms with E-state index in [1.165, 1.54) is 35.1 Å². The second kappa shape index (κ2) is 8.30. The minimum absolute atomic E-state index is 0.233. The summed E-state index contributed by atoms with van der Waals surface area (Å²) in [6.07, 6.45) is 6.63. The van der Waals surface area contributed by atoms with Gasteiger partial charge in [-0.25, -0.2) is 9.97 Å². The van der Waals surface area contributed by atoms with Gasteiger partial charge in [-0.05, 0) is 55.5 Å². The Bertz CT molecular complexity index is 1090. The fourth-order valence-electron chi connectivity index (χ4n) is 5.92. The molecule has 1 atom stereocenters. The minimum Gasteiger partial charge on any atom is -0.350 e. The average Bonchev–Trinajstić information content (AvgIpc) is 3.27. The van der Waals surface area contributed by atoms with Crippen LogP contribution in [0.25, 0.3) is 11.3 Å². The number of hydrogen-bond donors (Lipinski definition) is 2. The lowest BCUT2D eigenvalue weighted by Gasteiger charge is -2.42. The molecular weight excluding hydrogens is 394 g/mol. The predicted octanol–water partition coefficient (Wildman–Crippen LogP) is 4.01. The molecule has 0 radical (unpaired) electrons. The highest BCUT2D eigenvalue weighted by atomic mass is 15.2. The molecule has 5 heteroatoms. The number of likely N-dealkylation sites (tertiary alicyclic amines) is 1. The Labute approximate surface area is 190 Å². The molecule has 6 rings (SSSR count). The van der Waals surface area contributed by atoms with E-state index in [9.17, 15) is 0 Å². The average molecular weight is 426 g/mol. The second-order valence-corrected chi connectivity index (χ2v) is 9.67. The third-order valence-corrected chi connectivity index (χ3v) is 7.56. The van der Waals surface area contributed by atoms with E-state index in [-0.39, 0.29) is 5.41 Å². The standard InChI is InChI=1S/C27H31N5/c1-2-6-20(7-3-1)18-32-15-10-22(19-32)30-26-29-17-21-16-27(11-13-28-14-12-27)24-9-5-4-8-23(24)25(21)31-26/h1-9,17,22,28H,10-16,18-19H2,(H,29,30,31). The first-order valence-electron chi connectivity index (χ1n) is 12.0. The van der Waals surface area contributed by atoms with E-state index >= 15 is 0 Å². The minimum atomic E-state index is 0.233. The maximum atomic E-state index is 5.05. The van der Waals surface area contributed by atoms with Gasteiger partial charge in [0, 0.05) is 42.9 Å². The SMILES string of the molecule is c1ccc(CN2CCC(Nc3ncc4c(n3)-c3ccccc3C3(CCNCC3)C4)C2)cc1. The Morgan fingerprint density at radius 1 is 1.03 bits per heavy atom. The molecule has 0 saturated carbocycles. The van der Waals surface area contributed by atoms with Crippen LogP contribution in [-0.2, 0) is 18.4 Å². The Morgan fingerprint density at radius 3 is 2.72 bits per heavy atom. The monoisotopic (exact) mass is 425 g/mol. The number of aromatic nitrogens is 2. The predicted molar refractivity (Wildman–Crippen MR) is 129 cm³/mol. The van der Waals surface area contributed by atoms with Gasteiger partial charge in [0.05, 0.1) is 5.69 Å². The summed E-state index contributed by atoms with van der Waals surface area (Å²) < 4.78 is 0. The van der Waals surface area contributed by atoms with Crippen LogP contribution < -0.4 is 10.6 Å². The summed E-state index contributed by atoms with van der Waals surface area (Å²) in [5.41, 5.74) is 6.82. The molecule has 1 aliphatic carbocycles. The van der Waals surface area contributed by atoms with E-state index < -0.39 is 0 Å². The third kappa shape index (κ3) is 3.70. The van der Waals surface area contributed by atoms with Gasteiger partial charge in [0.15, 0.2) is 0 Å². The van der Waals surface area contributed by atoms with E-state index in [2.05, 4.69) is 76.3 Å². The van der Waals surface area contributed by atoms with Gasteiger partial charge in [-0.3, -0.25) is 4.90 Å². The fourth-order valence-corrected chi connectivity index (χ4v) is 5.92. The first-order chi connectivity index (χ1) is 15.8. The van der Waals surface area contributed by atoms with Crippen molar-refractivity contribution in [3.05, 3.63) is 77.5 Å². The normalized spacial score (nSPS) is 21.8. The molecule has 1 spiro atoms. The zero-order valence-corrected chi connectivity index (χ0v) is 18.6. The lowest BCUT2D eigenvalue weighted by molar-refractivity contribution is 0.302. The maximum Gasteiger partial charge on any atom is 0.223 e. The summed E-state index contributed by atoms with van der Waals surface area (Å²) >= 11 is 0. The molecule has 3 aromatic rings. The smallest absolute Gasteiger partial charge is 0.223 e. The van der Waals surface area contributed by atoms with Crippen molar-refractivity contribution in [2.45, 2.75) is 43.7 Å². The third-order valence-electron chi connectivity index (χ3n) is 7.56. The Balaban J connectivity index is 1.21. The molecule has 2 aliphatic heterocycles. The van der Waals surface area contributed by atoms with Crippen molar-refractivity contribution in [2.75, 3.05) is 31.5 Å². The first kappa shape index (κ1) is 19.9. The van der Waals surface area contributed by atoms with Crippen LogP contribution in [0.3, 0.4) is 0 Å². The highest BCUT2D eigenvalue weighted by Crippen LogP contribution is 2.46. The van der Waals surface area contributed by atoms with Crippen LogP contribution >= 0.6 is 0 Å². The molecular formula is C27H31N5. The molecule has 5 nitrogen and oxygen atoms in total. The van der Waals surface area contributed by atoms with Crippen LogP contribution in [0, 0.1) is 0 Å². The summed E-state index contributed by atoms with van der Waals surface area (Å²) in [7, 11) is 0.